The van der Waals surface area contributed by atoms with E-state index in [1.54, 1.807) is 42.5 Å². The van der Waals surface area contributed by atoms with Gasteiger partial charge in [-0.2, -0.15) is 5.90 Å². The van der Waals surface area contributed by atoms with Crippen LogP contribution >= 0.6 is 0 Å². The molecule has 0 fully saturated rings. The first-order chi connectivity index (χ1) is 12.2. The fourth-order valence-corrected chi connectivity index (χ4v) is 2.54. The van der Waals surface area contributed by atoms with E-state index in [1.165, 1.54) is 0 Å². The Morgan fingerprint density at radius 3 is 2.40 bits per heavy atom. The molecule has 0 unspecified atom stereocenters. The van der Waals surface area contributed by atoms with Crippen molar-refractivity contribution in [3.63, 3.8) is 0 Å². The molecule has 0 bridgehead atoms. The highest BCUT2D eigenvalue weighted by Crippen LogP contribution is 2.25. The summed E-state index contributed by atoms with van der Waals surface area (Å²) in [6.07, 6.45) is 4.02. The molecule has 0 amide bonds. The van der Waals surface area contributed by atoms with Gasteiger partial charge in [-0.1, -0.05) is 62.6 Å². The fraction of sp³-hybridized carbons (Fsp3) is 0.300. The maximum absolute atomic E-state index is 12.8. The summed E-state index contributed by atoms with van der Waals surface area (Å²) in [5, 5.41) is 0. The van der Waals surface area contributed by atoms with Gasteiger partial charge in [0.1, 0.15) is 0 Å². The van der Waals surface area contributed by atoms with Crippen molar-refractivity contribution in [1.29, 1.82) is 0 Å². The summed E-state index contributed by atoms with van der Waals surface area (Å²) in [6.45, 7) is 2.44. The number of hydrogen-bond acceptors (Lipinski definition) is 5. The zero-order chi connectivity index (χ0) is 18.1. The zero-order valence-corrected chi connectivity index (χ0v) is 14.4. The number of benzene rings is 2. The average molecular weight is 341 g/mol. The standard InChI is InChI=1S/C20H23NO4/c1-2-3-4-8-14-24-20(23)16-12-9-13-17(25-21)18(16)19(22)15-10-6-5-7-11-15/h5-7,9-13H,2-4,8,14,21H2,1H3. The number of unbranched alkanes of at least 4 members (excludes halogenated alkanes) is 3. The van der Waals surface area contributed by atoms with Gasteiger partial charge in [-0.15, -0.1) is 0 Å². The number of carbonyl (C=O) groups excluding carboxylic acids is 2. The number of nitrogens with two attached hydrogens (primary N) is 1. The van der Waals surface area contributed by atoms with Crippen molar-refractivity contribution in [1.82, 2.24) is 0 Å². The molecule has 0 heterocycles. The highest BCUT2D eigenvalue weighted by Gasteiger charge is 2.24. The van der Waals surface area contributed by atoms with Gasteiger partial charge in [0, 0.05) is 5.56 Å². The Hall–Kier alpha value is -2.66. The Morgan fingerprint density at radius 1 is 0.960 bits per heavy atom. The Balaban J connectivity index is 2.23. The number of ether oxygens (including phenoxy) is 1. The second-order valence-corrected chi connectivity index (χ2v) is 5.69. The Labute approximate surface area is 147 Å². The molecule has 0 aliphatic carbocycles. The summed E-state index contributed by atoms with van der Waals surface area (Å²) in [7, 11) is 0. The van der Waals surface area contributed by atoms with Crippen LogP contribution in [-0.4, -0.2) is 18.4 Å². The van der Waals surface area contributed by atoms with E-state index in [0.29, 0.717) is 12.2 Å². The van der Waals surface area contributed by atoms with Crippen LogP contribution in [0.3, 0.4) is 0 Å². The second-order valence-electron chi connectivity index (χ2n) is 5.69. The Morgan fingerprint density at radius 2 is 1.72 bits per heavy atom. The van der Waals surface area contributed by atoms with Gasteiger partial charge >= 0.3 is 5.97 Å². The lowest BCUT2D eigenvalue weighted by atomic mass is 9.97. The summed E-state index contributed by atoms with van der Waals surface area (Å²) in [5.41, 5.74) is 0.728. The van der Waals surface area contributed by atoms with Crippen LogP contribution in [0, 0.1) is 0 Å². The highest BCUT2D eigenvalue weighted by atomic mass is 16.6. The molecule has 25 heavy (non-hydrogen) atoms. The van der Waals surface area contributed by atoms with Crippen molar-refractivity contribution in [3.8, 4) is 5.75 Å². The van der Waals surface area contributed by atoms with Gasteiger partial charge in [0.05, 0.1) is 17.7 Å². The summed E-state index contributed by atoms with van der Waals surface area (Å²) in [4.78, 5) is 30.1. The van der Waals surface area contributed by atoms with E-state index in [9.17, 15) is 9.59 Å². The molecule has 0 saturated heterocycles. The number of hydrogen-bond donors (Lipinski definition) is 1. The number of ketones is 1. The van der Waals surface area contributed by atoms with Crippen LogP contribution in [0.4, 0.5) is 0 Å². The quantitative estimate of drug-likeness (QED) is 0.324. The number of esters is 1. The van der Waals surface area contributed by atoms with Crippen LogP contribution in [0.1, 0.15) is 58.9 Å². The largest absolute Gasteiger partial charge is 0.462 e. The van der Waals surface area contributed by atoms with E-state index in [-0.39, 0.29) is 22.7 Å². The van der Waals surface area contributed by atoms with Gasteiger partial charge in [0.25, 0.3) is 0 Å². The van der Waals surface area contributed by atoms with Crippen molar-refractivity contribution in [3.05, 3.63) is 65.2 Å². The van der Waals surface area contributed by atoms with Gasteiger partial charge in [0.2, 0.25) is 0 Å². The van der Waals surface area contributed by atoms with Gasteiger partial charge < -0.3 is 9.57 Å². The molecule has 0 aliphatic heterocycles. The van der Waals surface area contributed by atoms with E-state index in [0.717, 1.165) is 25.7 Å². The predicted octanol–water partition coefficient (Wildman–Crippen LogP) is 3.91. The van der Waals surface area contributed by atoms with Crippen molar-refractivity contribution in [2.75, 3.05) is 6.61 Å². The lowest BCUT2D eigenvalue weighted by molar-refractivity contribution is 0.0494. The minimum atomic E-state index is -0.547. The summed E-state index contributed by atoms with van der Waals surface area (Å²) >= 11 is 0. The van der Waals surface area contributed by atoms with Crippen LogP contribution < -0.4 is 10.7 Å². The van der Waals surface area contributed by atoms with Gasteiger partial charge in [-0.25, -0.2) is 4.79 Å². The molecular weight excluding hydrogens is 318 g/mol. The minimum Gasteiger partial charge on any atom is -0.462 e. The summed E-state index contributed by atoms with van der Waals surface area (Å²) in [6, 6.07) is 13.4. The van der Waals surface area contributed by atoms with Gasteiger partial charge in [-0.3, -0.25) is 4.79 Å². The van der Waals surface area contributed by atoms with Crippen LogP contribution in [0.2, 0.25) is 0 Å². The normalized spacial score (nSPS) is 10.3. The molecule has 2 rings (SSSR count). The first kappa shape index (κ1) is 18.7. The van der Waals surface area contributed by atoms with Crippen LogP contribution in [-0.2, 0) is 4.74 Å². The van der Waals surface area contributed by atoms with E-state index in [2.05, 4.69) is 6.92 Å². The number of carbonyl (C=O) groups is 2. The Kier molecular flexibility index (Phi) is 7.16. The van der Waals surface area contributed by atoms with E-state index in [1.807, 2.05) is 6.07 Å². The van der Waals surface area contributed by atoms with Crippen LogP contribution in [0.15, 0.2) is 48.5 Å². The maximum atomic E-state index is 12.8. The molecule has 5 heteroatoms. The minimum absolute atomic E-state index is 0.120. The zero-order valence-electron chi connectivity index (χ0n) is 14.4. The van der Waals surface area contributed by atoms with Crippen molar-refractivity contribution >= 4 is 11.8 Å². The molecule has 5 nitrogen and oxygen atoms in total. The van der Waals surface area contributed by atoms with E-state index in [4.69, 9.17) is 15.5 Å². The topological polar surface area (TPSA) is 78.6 Å². The van der Waals surface area contributed by atoms with Crippen LogP contribution in [0.25, 0.3) is 0 Å². The van der Waals surface area contributed by atoms with E-state index >= 15 is 0 Å². The third kappa shape index (κ3) is 4.90. The molecule has 0 atom stereocenters. The molecule has 0 aliphatic rings. The van der Waals surface area contributed by atoms with Gasteiger partial charge in [0.15, 0.2) is 11.5 Å². The third-order valence-electron chi connectivity index (χ3n) is 3.87. The lowest BCUT2D eigenvalue weighted by Crippen LogP contribution is -2.16. The average Bonchev–Trinajstić information content (AvgIpc) is 2.67. The molecule has 2 N–H and O–H groups in total. The van der Waals surface area contributed by atoms with Crippen molar-refractivity contribution < 1.29 is 19.2 Å². The van der Waals surface area contributed by atoms with Gasteiger partial charge in [-0.05, 0) is 18.6 Å². The van der Waals surface area contributed by atoms with E-state index < -0.39 is 5.97 Å². The molecule has 2 aromatic carbocycles. The first-order valence-electron chi connectivity index (χ1n) is 8.45. The predicted molar refractivity (Wildman–Crippen MR) is 95.6 cm³/mol. The molecule has 0 aromatic heterocycles. The lowest BCUT2D eigenvalue weighted by Gasteiger charge is -2.12. The fourth-order valence-electron chi connectivity index (χ4n) is 2.54. The van der Waals surface area contributed by atoms with Crippen LogP contribution in [0.5, 0.6) is 5.75 Å². The monoisotopic (exact) mass is 341 g/mol. The third-order valence-corrected chi connectivity index (χ3v) is 3.87. The number of rotatable bonds is 9. The molecular formula is C20H23NO4. The molecule has 2 aromatic rings. The SMILES string of the molecule is CCCCCCOC(=O)c1cccc(ON)c1C(=O)c1ccccc1. The first-order valence-corrected chi connectivity index (χ1v) is 8.45. The van der Waals surface area contributed by atoms with Crippen molar-refractivity contribution in [2.24, 2.45) is 5.90 Å². The summed E-state index contributed by atoms with van der Waals surface area (Å²) < 4.78 is 5.31. The maximum Gasteiger partial charge on any atom is 0.339 e. The second kappa shape index (κ2) is 9.59. The Bertz CT molecular complexity index is 713. The molecule has 0 spiro atoms. The summed E-state index contributed by atoms with van der Waals surface area (Å²) in [5.74, 6) is 4.55. The molecule has 0 saturated carbocycles. The molecule has 132 valence electrons. The molecule has 0 radical (unpaired) electrons. The smallest absolute Gasteiger partial charge is 0.339 e. The highest BCUT2D eigenvalue weighted by molar-refractivity contribution is 6.16. The van der Waals surface area contributed by atoms with Crippen molar-refractivity contribution in [2.45, 2.75) is 32.6 Å².